The summed E-state index contributed by atoms with van der Waals surface area (Å²) >= 11 is 11.7. The lowest BCUT2D eigenvalue weighted by Gasteiger charge is -2.23. The number of nitrogens with zero attached hydrogens (tertiary/aromatic N) is 1. The van der Waals surface area contributed by atoms with Crippen LogP contribution in [0.5, 0.6) is 5.75 Å². The summed E-state index contributed by atoms with van der Waals surface area (Å²) < 4.78 is 31.8. The summed E-state index contributed by atoms with van der Waals surface area (Å²) in [6.45, 7) is -0.532. The van der Waals surface area contributed by atoms with Crippen molar-refractivity contribution < 1.29 is 17.9 Å². The van der Waals surface area contributed by atoms with E-state index < -0.39 is 22.5 Å². The molecule has 24 heavy (non-hydrogen) atoms. The highest BCUT2D eigenvalue weighted by atomic mass is 35.5. The Kier molecular flexibility index (Phi) is 5.58. The van der Waals surface area contributed by atoms with Crippen LogP contribution < -0.4 is 14.8 Å². The molecule has 0 aliphatic carbocycles. The molecule has 0 spiro atoms. The van der Waals surface area contributed by atoms with Gasteiger partial charge in [-0.05, 0) is 30.3 Å². The number of rotatable bonds is 6. The van der Waals surface area contributed by atoms with Crippen LogP contribution in [0.25, 0.3) is 0 Å². The van der Waals surface area contributed by atoms with Gasteiger partial charge < -0.3 is 10.5 Å². The highest BCUT2D eigenvalue weighted by molar-refractivity contribution is 7.92. The summed E-state index contributed by atoms with van der Waals surface area (Å²) in [6.07, 6.45) is 0. The molecule has 6 nitrogen and oxygen atoms in total. The number of ether oxygens (including phenoxy) is 1. The van der Waals surface area contributed by atoms with Gasteiger partial charge in [0.1, 0.15) is 12.3 Å². The second kappa shape index (κ2) is 7.29. The van der Waals surface area contributed by atoms with Gasteiger partial charge in [-0.1, -0.05) is 29.3 Å². The molecule has 0 unspecified atom stereocenters. The van der Waals surface area contributed by atoms with Gasteiger partial charge in [0.05, 0.1) is 27.7 Å². The summed E-state index contributed by atoms with van der Waals surface area (Å²) in [4.78, 5) is 11.3. The molecule has 128 valence electrons. The van der Waals surface area contributed by atoms with Crippen molar-refractivity contribution in [3.05, 3.63) is 52.5 Å². The van der Waals surface area contributed by atoms with Gasteiger partial charge in [-0.2, -0.15) is 0 Å². The van der Waals surface area contributed by atoms with Gasteiger partial charge >= 0.3 is 0 Å². The summed E-state index contributed by atoms with van der Waals surface area (Å²) in [7, 11) is -2.63. The quantitative estimate of drug-likeness (QED) is 0.823. The number of methoxy groups -OCH3 is 1. The third-order valence-electron chi connectivity index (χ3n) is 3.12. The van der Waals surface area contributed by atoms with E-state index in [1.807, 2.05) is 0 Å². The Balaban J connectivity index is 2.57. The zero-order chi connectivity index (χ0) is 17.9. The topological polar surface area (TPSA) is 89.7 Å². The lowest BCUT2D eigenvalue weighted by molar-refractivity contribution is -0.116. The van der Waals surface area contributed by atoms with Crippen molar-refractivity contribution in [2.45, 2.75) is 4.90 Å². The van der Waals surface area contributed by atoms with Crippen molar-refractivity contribution in [2.24, 2.45) is 5.73 Å². The van der Waals surface area contributed by atoms with E-state index in [1.165, 1.54) is 37.4 Å². The van der Waals surface area contributed by atoms with Gasteiger partial charge in [0.15, 0.2) is 0 Å². The minimum absolute atomic E-state index is 0.0856. The van der Waals surface area contributed by atoms with E-state index in [4.69, 9.17) is 33.7 Å². The van der Waals surface area contributed by atoms with Crippen molar-refractivity contribution in [1.29, 1.82) is 0 Å². The molecule has 2 aromatic carbocycles. The third kappa shape index (κ3) is 3.92. The number of halogens is 2. The summed E-state index contributed by atoms with van der Waals surface area (Å²) in [5, 5.41) is 0.306. The molecule has 0 bridgehead atoms. The van der Waals surface area contributed by atoms with E-state index in [0.717, 1.165) is 4.31 Å². The average molecular weight is 389 g/mol. The van der Waals surface area contributed by atoms with Crippen molar-refractivity contribution in [3.8, 4) is 5.75 Å². The Morgan fingerprint density at radius 3 is 2.46 bits per heavy atom. The van der Waals surface area contributed by atoms with E-state index >= 15 is 0 Å². The van der Waals surface area contributed by atoms with Crippen LogP contribution in [-0.4, -0.2) is 28.0 Å². The molecule has 0 saturated carbocycles. The lowest BCUT2D eigenvalue weighted by Crippen LogP contribution is -2.38. The Labute approximate surface area is 149 Å². The third-order valence-corrected chi connectivity index (χ3v) is 5.63. The van der Waals surface area contributed by atoms with Crippen molar-refractivity contribution >= 4 is 44.8 Å². The largest absolute Gasteiger partial charge is 0.497 e. The van der Waals surface area contributed by atoms with Crippen LogP contribution in [-0.2, 0) is 14.8 Å². The smallest absolute Gasteiger partial charge is 0.264 e. The van der Waals surface area contributed by atoms with Gasteiger partial charge in [-0.15, -0.1) is 0 Å². The van der Waals surface area contributed by atoms with Gasteiger partial charge in [0, 0.05) is 6.07 Å². The second-order valence-corrected chi connectivity index (χ2v) is 7.43. The zero-order valence-electron chi connectivity index (χ0n) is 12.6. The fourth-order valence-electron chi connectivity index (χ4n) is 1.99. The predicted octanol–water partition coefficient (Wildman–Crippen LogP) is 2.68. The van der Waals surface area contributed by atoms with Crippen LogP contribution in [0.15, 0.2) is 47.4 Å². The number of hydrogen-bond acceptors (Lipinski definition) is 4. The molecule has 0 heterocycles. The maximum atomic E-state index is 12.9. The van der Waals surface area contributed by atoms with Crippen LogP contribution in [0.4, 0.5) is 5.69 Å². The Morgan fingerprint density at radius 2 is 1.88 bits per heavy atom. The number of carbonyl (C=O) groups excluding carboxylic acids is 1. The molecule has 0 aromatic heterocycles. The van der Waals surface area contributed by atoms with Crippen molar-refractivity contribution in [2.75, 3.05) is 18.0 Å². The number of nitrogens with two attached hydrogens (primary N) is 1. The van der Waals surface area contributed by atoms with Crippen LogP contribution in [0.2, 0.25) is 10.0 Å². The summed E-state index contributed by atoms with van der Waals surface area (Å²) in [5.41, 5.74) is 5.44. The second-order valence-electron chi connectivity index (χ2n) is 4.76. The fraction of sp³-hybridized carbons (Fsp3) is 0.133. The van der Waals surface area contributed by atoms with Crippen LogP contribution >= 0.6 is 23.2 Å². The summed E-state index contributed by atoms with van der Waals surface area (Å²) in [5.74, 6) is -0.368. The fourth-order valence-corrected chi connectivity index (χ4v) is 3.80. The molecule has 0 radical (unpaired) electrons. The van der Waals surface area contributed by atoms with Gasteiger partial charge in [-0.3, -0.25) is 9.10 Å². The Hall–Kier alpha value is -1.96. The van der Waals surface area contributed by atoms with E-state index in [2.05, 4.69) is 0 Å². The van der Waals surface area contributed by atoms with Crippen LogP contribution in [0.3, 0.4) is 0 Å². The molecule has 2 rings (SSSR count). The molecule has 0 fully saturated rings. The summed E-state index contributed by atoms with van der Waals surface area (Å²) in [6, 6.07) is 10.2. The first-order chi connectivity index (χ1) is 11.3. The standard InChI is InChI=1S/C15H14Cl2N2O4S/c1-23-11-4-2-3-10(7-11)19(9-15(18)20)24(21,22)12-5-6-13(16)14(17)8-12/h2-8H,9H2,1H3,(H2,18,20). The zero-order valence-corrected chi connectivity index (χ0v) is 14.9. The van der Waals surface area contributed by atoms with E-state index in [1.54, 1.807) is 12.1 Å². The van der Waals surface area contributed by atoms with Crippen LogP contribution in [0, 0.1) is 0 Å². The minimum Gasteiger partial charge on any atom is -0.497 e. The molecular formula is C15H14Cl2N2O4S. The molecule has 1 amide bonds. The lowest BCUT2D eigenvalue weighted by atomic mass is 10.3. The molecule has 2 N–H and O–H groups in total. The highest BCUT2D eigenvalue weighted by Crippen LogP contribution is 2.30. The number of benzene rings is 2. The number of anilines is 1. The van der Waals surface area contributed by atoms with Gasteiger partial charge in [-0.25, -0.2) is 8.42 Å². The first-order valence-electron chi connectivity index (χ1n) is 6.66. The average Bonchev–Trinajstić information content (AvgIpc) is 2.54. The van der Waals surface area contributed by atoms with Crippen molar-refractivity contribution in [3.63, 3.8) is 0 Å². The number of primary amides is 1. The molecule has 0 aliphatic heterocycles. The van der Waals surface area contributed by atoms with E-state index in [-0.39, 0.29) is 20.6 Å². The maximum Gasteiger partial charge on any atom is 0.264 e. The first-order valence-corrected chi connectivity index (χ1v) is 8.85. The number of amides is 1. The van der Waals surface area contributed by atoms with Gasteiger partial charge in [0.25, 0.3) is 10.0 Å². The normalized spacial score (nSPS) is 11.1. The molecule has 0 aliphatic rings. The Bertz CT molecular complexity index is 872. The molecular weight excluding hydrogens is 375 g/mol. The molecule has 2 aromatic rings. The number of carbonyl (C=O) groups is 1. The van der Waals surface area contributed by atoms with E-state index in [0.29, 0.717) is 5.75 Å². The molecule has 0 saturated heterocycles. The number of hydrogen-bond donors (Lipinski definition) is 1. The van der Waals surface area contributed by atoms with Gasteiger partial charge in [0.2, 0.25) is 5.91 Å². The van der Waals surface area contributed by atoms with E-state index in [9.17, 15) is 13.2 Å². The maximum absolute atomic E-state index is 12.9. The predicted molar refractivity (Wildman–Crippen MR) is 93.2 cm³/mol. The first kappa shape index (κ1) is 18.4. The highest BCUT2D eigenvalue weighted by Gasteiger charge is 2.27. The minimum atomic E-state index is -4.08. The SMILES string of the molecule is COc1cccc(N(CC(N)=O)S(=O)(=O)c2ccc(Cl)c(Cl)c2)c1. The Morgan fingerprint density at radius 1 is 1.17 bits per heavy atom. The monoisotopic (exact) mass is 388 g/mol. The molecule has 0 atom stereocenters. The number of sulfonamides is 1. The van der Waals surface area contributed by atoms with Crippen molar-refractivity contribution in [1.82, 2.24) is 0 Å². The molecule has 9 heteroatoms. The van der Waals surface area contributed by atoms with Crippen LogP contribution in [0.1, 0.15) is 0 Å².